The highest BCUT2D eigenvalue weighted by molar-refractivity contribution is 5.86. The molecule has 29 heavy (non-hydrogen) atoms. The summed E-state index contributed by atoms with van der Waals surface area (Å²) in [7, 11) is 0. The third-order valence-corrected chi connectivity index (χ3v) is 4.43. The number of carbonyl (C=O) groups excluding carboxylic acids is 2. The van der Waals surface area contributed by atoms with Crippen LogP contribution in [0.1, 0.15) is 47.4 Å². The van der Waals surface area contributed by atoms with Gasteiger partial charge in [0.05, 0.1) is 25.0 Å². The summed E-state index contributed by atoms with van der Waals surface area (Å²) in [5.74, 6) is -0.715. The first kappa shape index (κ1) is 18.8. The molecule has 0 N–H and O–H groups in total. The third-order valence-electron chi connectivity index (χ3n) is 4.43. The Morgan fingerprint density at radius 2 is 2.10 bits per heavy atom. The molecule has 3 heterocycles. The van der Waals surface area contributed by atoms with Crippen LogP contribution in [0.2, 0.25) is 0 Å². The zero-order valence-corrected chi connectivity index (χ0v) is 15.6. The highest BCUT2D eigenvalue weighted by atomic mass is 19.3. The van der Waals surface area contributed by atoms with Crippen molar-refractivity contribution in [3.63, 3.8) is 0 Å². The molecular formula is C18H18FN5O5. The summed E-state index contributed by atoms with van der Waals surface area (Å²) in [6, 6.07) is 1.90. The van der Waals surface area contributed by atoms with E-state index in [-0.39, 0.29) is 25.5 Å². The van der Waals surface area contributed by atoms with Crippen LogP contribution < -0.4 is 4.74 Å². The van der Waals surface area contributed by atoms with Crippen LogP contribution in [-0.2, 0) is 21.0 Å². The molecule has 4 rings (SSSR count). The fraction of sp³-hybridized carbons (Fsp3) is 0.389. The molecule has 0 radical (unpaired) electrons. The number of ether oxygens (including phenoxy) is 2. The van der Waals surface area contributed by atoms with Gasteiger partial charge in [-0.1, -0.05) is 5.21 Å². The lowest BCUT2D eigenvalue weighted by molar-refractivity contribution is -0.145. The second-order valence-corrected chi connectivity index (χ2v) is 6.63. The Morgan fingerprint density at radius 3 is 2.83 bits per heavy atom. The Labute approximate surface area is 164 Å². The average molecular weight is 403 g/mol. The molecule has 0 spiro atoms. The summed E-state index contributed by atoms with van der Waals surface area (Å²) in [5, 5.41) is 7.32. The summed E-state index contributed by atoms with van der Waals surface area (Å²) in [6.07, 6.45) is 7.26. The van der Waals surface area contributed by atoms with Crippen molar-refractivity contribution in [3.8, 4) is 5.75 Å². The minimum atomic E-state index is -1.21. The lowest BCUT2D eigenvalue weighted by atomic mass is 10.2. The number of imidazole rings is 1. The SMILES string of the molecule is CCOC(=O)COc1cc(C2CC2)cn2cc(Cn3cc(C(=O)OF)nn3)nc12. The van der Waals surface area contributed by atoms with Crippen molar-refractivity contribution in [3.05, 3.63) is 41.6 Å². The van der Waals surface area contributed by atoms with E-state index in [2.05, 4.69) is 20.2 Å². The van der Waals surface area contributed by atoms with Crippen molar-refractivity contribution in [2.45, 2.75) is 32.2 Å². The molecule has 0 saturated heterocycles. The summed E-state index contributed by atoms with van der Waals surface area (Å²) in [4.78, 5) is 30.5. The van der Waals surface area contributed by atoms with Crippen LogP contribution in [0.5, 0.6) is 5.75 Å². The molecule has 0 atom stereocenters. The van der Waals surface area contributed by atoms with Gasteiger partial charge in [-0.2, -0.15) is 0 Å². The Balaban J connectivity index is 1.59. The Kier molecular flexibility index (Phi) is 5.10. The van der Waals surface area contributed by atoms with E-state index < -0.39 is 11.9 Å². The van der Waals surface area contributed by atoms with Gasteiger partial charge in [0.25, 0.3) is 0 Å². The van der Waals surface area contributed by atoms with Gasteiger partial charge >= 0.3 is 11.9 Å². The standard InChI is InChI=1S/C18H18FN5O5/c1-2-27-16(25)10-28-15-5-12(11-3-4-11)6-23-7-13(20-17(15)23)8-24-9-14(21-22-24)18(26)29-19/h5-7,9,11H,2-4,8,10H2,1H3. The fourth-order valence-electron chi connectivity index (χ4n) is 2.98. The van der Waals surface area contributed by atoms with Gasteiger partial charge < -0.3 is 13.9 Å². The van der Waals surface area contributed by atoms with Gasteiger partial charge in [-0.25, -0.2) is 24.2 Å². The van der Waals surface area contributed by atoms with Gasteiger partial charge in [0.1, 0.15) is 0 Å². The zero-order valence-electron chi connectivity index (χ0n) is 15.6. The number of hydrogen-bond donors (Lipinski definition) is 0. The second-order valence-electron chi connectivity index (χ2n) is 6.63. The van der Waals surface area contributed by atoms with Crippen LogP contribution in [0.15, 0.2) is 24.7 Å². The molecule has 3 aromatic heterocycles. The number of esters is 1. The van der Waals surface area contributed by atoms with Crippen LogP contribution >= 0.6 is 0 Å². The van der Waals surface area contributed by atoms with E-state index in [4.69, 9.17) is 9.47 Å². The van der Waals surface area contributed by atoms with Gasteiger partial charge in [0.2, 0.25) is 0 Å². The lowest BCUT2D eigenvalue weighted by Gasteiger charge is -2.09. The summed E-state index contributed by atoms with van der Waals surface area (Å²) in [5.41, 5.74) is 2.01. The fourth-order valence-corrected chi connectivity index (χ4v) is 2.98. The molecule has 10 nitrogen and oxygen atoms in total. The molecule has 1 aliphatic carbocycles. The third kappa shape index (κ3) is 4.18. The Bertz CT molecular complexity index is 1060. The number of nitrogens with zero attached hydrogens (tertiary/aromatic N) is 5. The first-order valence-electron chi connectivity index (χ1n) is 9.10. The van der Waals surface area contributed by atoms with Crippen molar-refractivity contribution in [2.24, 2.45) is 0 Å². The maximum atomic E-state index is 12.0. The molecule has 1 fully saturated rings. The van der Waals surface area contributed by atoms with Crippen LogP contribution in [-0.4, -0.2) is 49.5 Å². The molecule has 0 bridgehead atoms. The predicted molar refractivity (Wildman–Crippen MR) is 94.9 cm³/mol. The van der Waals surface area contributed by atoms with Crippen LogP contribution in [0.3, 0.4) is 0 Å². The molecule has 3 aromatic rings. The zero-order chi connectivity index (χ0) is 20.4. The van der Waals surface area contributed by atoms with E-state index in [1.54, 1.807) is 13.1 Å². The predicted octanol–water partition coefficient (Wildman–Crippen LogP) is 1.83. The summed E-state index contributed by atoms with van der Waals surface area (Å²) >= 11 is 0. The van der Waals surface area contributed by atoms with E-state index >= 15 is 0 Å². The van der Waals surface area contributed by atoms with Crippen LogP contribution in [0.4, 0.5) is 4.53 Å². The molecule has 0 aliphatic heterocycles. The van der Waals surface area contributed by atoms with Crippen molar-refractivity contribution >= 4 is 17.6 Å². The van der Waals surface area contributed by atoms with Crippen molar-refractivity contribution in [2.75, 3.05) is 13.2 Å². The minimum Gasteiger partial charge on any atom is -0.478 e. The smallest absolute Gasteiger partial charge is 0.401 e. The number of carbonyl (C=O) groups is 2. The quantitative estimate of drug-likeness (QED) is 0.524. The first-order chi connectivity index (χ1) is 14.1. The molecule has 0 unspecified atom stereocenters. The largest absolute Gasteiger partial charge is 0.478 e. The van der Waals surface area contributed by atoms with E-state index in [0.29, 0.717) is 23.0 Å². The molecule has 1 saturated carbocycles. The normalized spacial score (nSPS) is 13.4. The highest BCUT2D eigenvalue weighted by Crippen LogP contribution is 2.41. The molecule has 152 valence electrons. The van der Waals surface area contributed by atoms with Crippen molar-refractivity contribution < 1.29 is 28.5 Å². The second kappa shape index (κ2) is 7.86. The number of rotatable bonds is 8. The van der Waals surface area contributed by atoms with Crippen LogP contribution in [0.25, 0.3) is 5.65 Å². The van der Waals surface area contributed by atoms with Gasteiger partial charge in [-0.15, -0.1) is 5.10 Å². The topological polar surface area (TPSA) is 110 Å². The van der Waals surface area contributed by atoms with Gasteiger partial charge in [0, 0.05) is 16.9 Å². The maximum Gasteiger partial charge on any atom is 0.401 e. The minimum absolute atomic E-state index is 0.199. The lowest BCUT2D eigenvalue weighted by Crippen LogP contribution is -2.15. The van der Waals surface area contributed by atoms with E-state index in [0.717, 1.165) is 18.4 Å². The summed E-state index contributed by atoms with van der Waals surface area (Å²) in [6.45, 7) is 2.00. The Morgan fingerprint density at radius 1 is 1.28 bits per heavy atom. The average Bonchev–Trinajstić information content (AvgIpc) is 3.33. The van der Waals surface area contributed by atoms with Gasteiger partial charge in [-0.3, -0.25) is 0 Å². The maximum absolute atomic E-state index is 12.0. The molecule has 1 aliphatic rings. The van der Waals surface area contributed by atoms with Crippen molar-refractivity contribution in [1.82, 2.24) is 24.4 Å². The molecular weight excluding hydrogens is 385 g/mol. The monoisotopic (exact) mass is 403 g/mol. The number of fused-ring (bicyclic) bond motifs is 1. The highest BCUT2D eigenvalue weighted by Gasteiger charge is 2.26. The molecule has 0 aromatic carbocycles. The van der Waals surface area contributed by atoms with E-state index in [1.807, 2.05) is 16.7 Å². The molecule has 0 amide bonds. The molecule has 11 heteroatoms. The van der Waals surface area contributed by atoms with E-state index in [9.17, 15) is 14.1 Å². The van der Waals surface area contributed by atoms with Crippen LogP contribution in [0, 0.1) is 0 Å². The Hall–Kier alpha value is -3.50. The van der Waals surface area contributed by atoms with Gasteiger partial charge in [0.15, 0.2) is 23.7 Å². The number of halogens is 1. The van der Waals surface area contributed by atoms with Crippen molar-refractivity contribution in [1.29, 1.82) is 0 Å². The number of hydrogen-bond acceptors (Lipinski definition) is 8. The summed E-state index contributed by atoms with van der Waals surface area (Å²) < 4.78 is 25.7. The number of aromatic nitrogens is 5. The number of pyridine rings is 1. The first-order valence-corrected chi connectivity index (χ1v) is 9.10. The van der Waals surface area contributed by atoms with Gasteiger partial charge in [-0.05, 0) is 37.3 Å². The van der Waals surface area contributed by atoms with E-state index in [1.165, 1.54) is 10.9 Å².